The molecule has 21 heavy (non-hydrogen) atoms. The summed E-state index contributed by atoms with van der Waals surface area (Å²) in [5.41, 5.74) is 1.61. The van der Waals surface area contributed by atoms with Gasteiger partial charge in [0, 0.05) is 32.7 Å². The number of carbonyl (C=O) groups excluding carboxylic acids is 1. The molecule has 1 amide bonds. The number of nitrogens with zero attached hydrogens (tertiary/aromatic N) is 3. The van der Waals surface area contributed by atoms with E-state index in [0.29, 0.717) is 5.69 Å². The van der Waals surface area contributed by atoms with Crippen molar-refractivity contribution in [2.45, 2.75) is 26.2 Å². The van der Waals surface area contributed by atoms with Crippen LogP contribution in [0.5, 0.6) is 0 Å². The second-order valence-electron chi connectivity index (χ2n) is 5.65. The van der Waals surface area contributed by atoms with Gasteiger partial charge in [-0.1, -0.05) is 19.8 Å². The van der Waals surface area contributed by atoms with Crippen molar-refractivity contribution in [2.75, 3.05) is 44.7 Å². The molecule has 0 radical (unpaired) electrons. The van der Waals surface area contributed by atoms with E-state index in [1.807, 2.05) is 18.3 Å². The molecule has 2 rings (SSSR count). The fraction of sp³-hybridized carbons (Fsp3) is 0.625. The van der Waals surface area contributed by atoms with Crippen molar-refractivity contribution in [3.63, 3.8) is 0 Å². The lowest BCUT2D eigenvalue weighted by atomic mass is 10.2. The Kier molecular flexibility index (Phi) is 5.99. The van der Waals surface area contributed by atoms with Crippen LogP contribution in [0.1, 0.15) is 36.7 Å². The standard InChI is InChI=1S/C16H26N4O/c1-3-4-5-8-17-16(21)15-7-6-14(13-18-15)20-11-9-19(2)10-12-20/h6-7,13H,3-5,8-12H2,1-2H3,(H,17,21). The Morgan fingerprint density at radius 1 is 1.24 bits per heavy atom. The van der Waals surface area contributed by atoms with Crippen molar-refractivity contribution in [3.05, 3.63) is 24.0 Å². The van der Waals surface area contributed by atoms with E-state index in [1.54, 1.807) is 0 Å². The number of piperazine rings is 1. The smallest absolute Gasteiger partial charge is 0.269 e. The van der Waals surface area contributed by atoms with E-state index in [1.165, 1.54) is 0 Å². The number of likely N-dealkylation sites (N-methyl/N-ethyl adjacent to an activating group) is 1. The zero-order chi connectivity index (χ0) is 15.1. The van der Waals surface area contributed by atoms with Gasteiger partial charge in [-0.2, -0.15) is 0 Å². The summed E-state index contributed by atoms with van der Waals surface area (Å²) in [4.78, 5) is 20.9. The number of hydrogen-bond acceptors (Lipinski definition) is 4. The molecular formula is C16H26N4O. The Morgan fingerprint density at radius 2 is 2.00 bits per heavy atom. The topological polar surface area (TPSA) is 48.5 Å². The van der Waals surface area contributed by atoms with E-state index in [9.17, 15) is 4.79 Å². The molecule has 1 aliphatic rings. The van der Waals surface area contributed by atoms with Crippen LogP contribution in [0.2, 0.25) is 0 Å². The highest BCUT2D eigenvalue weighted by Crippen LogP contribution is 2.15. The lowest BCUT2D eigenvalue weighted by molar-refractivity contribution is 0.0948. The number of unbranched alkanes of at least 4 members (excludes halogenated alkanes) is 2. The Hall–Kier alpha value is -1.62. The Bertz CT molecular complexity index is 438. The molecule has 1 aromatic rings. The van der Waals surface area contributed by atoms with E-state index in [0.717, 1.165) is 57.7 Å². The van der Waals surface area contributed by atoms with Gasteiger partial charge in [-0.15, -0.1) is 0 Å². The summed E-state index contributed by atoms with van der Waals surface area (Å²) in [6, 6.07) is 3.82. The molecule has 1 saturated heterocycles. The van der Waals surface area contributed by atoms with Gasteiger partial charge in [-0.05, 0) is 25.6 Å². The summed E-state index contributed by atoms with van der Waals surface area (Å²) in [6.45, 7) is 7.05. The summed E-state index contributed by atoms with van der Waals surface area (Å²) < 4.78 is 0. The summed E-state index contributed by atoms with van der Waals surface area (Å²) in [5, 5.41) is 2.92. The molecule has 1 aliphatic heterocycles. The highest BCUT2D eigenvalue weighted by molar-refractivity contribution is 5.92. The predicted octanol–water partition coefficient (Wildman–Crippen LogP) is 1.75. The monoisotopic (exact) mass is 290 g/mol. The average molecular weight is 290 g/mol. The van der Waals surface area contributed by atoms with Crippen molar-refractivity contribution in [3.8, 4) is 0 Å². The Balaban J connectivity index is 1.85. The van der Waals surface area contributed by atoms with Crippen LogP contribution in [0.4, 0.5) is 5.69 Å². The maximum atomic E-state index is 11.9. The first-order chi connectivity index (χ1) is 10.2. The van der Waals surface area contributed by atoms with Crippen LogP contribution >= 0.6 is 0 Å². The third kappa shape index (κ3) is 4.70. The van der Waals surface area contributed by atoms with Crippen molar-refractivity contribution >= 4 is 11.6 Å². The molecule has 0 saturated carbocycles. The number of anilines is 1. The van der Waals surface area contributed by atoms with Gasteiger partial charge in [0.15, 0.2) is 0 Å². The van der Waals surface area contributed by atoms with E-state index in [2.05, 4.69) is 34.1 Å². The number of carbonyl (C=O) groups is 1. The zero-order valence-corrected chi connectivity index (χ0v) is 13.1. The maximum Gasteiger partial charge on any atom is 0.269 e. The average Bonchev–Trinajstić information content (AvgIpc) is 2.52. The first-order valence-electron chi connectivity index (χ1n) is 7.88. The fourth-order valence-corrected chi connectivity index (χ4v) is 2.44. The number of pyridine rings is 1. The van der Waals surface area contributed by atoms with Gasteiger partial charge in [0.05, 0.1) is 11.9 Å². The molecule has 116 valence electrons. The number of amides is 1. The van der Waals surface area contributed by atoms with Crippen LogP contribution < -0.4 is 10.2 Å². The molecule has 0 unspecified atom stereocenters. The summed E-state index contributed by atoms with van der Waals surface area (Å²) in [6.07, 6.45) is 5.15. The predicted molar refractivity (Wildman–Crippen MR) is 85.8 cm³/mol. The largest absolute Gasteiger partial charge is 0.368 e. The quantitative estimate of drug-likeness (QED) is 0.811. The lowest BCUT2D eigenvalue weighted by Gasteiger charge is -2.33. The summed E-state index contributed by atoms with van der Waals surface area (Å²) >= 11 is 0. The summed E-state index contributed by atoms with van der Waals surface area (Å²) in [5.74, 6) is -0.0731. The number of rotatable bonds is 6. The first kappa shape index (κ1) is 15.8. The fourth-order valence-electron chi connectivity index (χ4n) is 2.44. The van der Waals surface area contributed by atoms with Crippen LogP contribution in [0.25, 0.3) is 0 Å². The molecule has 0 aromatic carbocycles. The van der Waals surface area contributed by atoms with Crippen molar-refractivity contribution < 1.29 is 4.79 Å². The highest BCUT2D eigenvalue weighted by Gasteiger charge is 2.15. The normalized spacial score (nSPS) is 16.0. The van der Waals surface area contributed by atoms with Gasteiger partial charge in [-0.25, -0.2) is 4.98 Å². The van der Waals surface area contributed by atoms with Crippen LogP contribution in [-0.2, 0) is 0 Å². The van der Waals surface area contributed by atoms with Crippen molar-refractivity contribution in [1.82, 2.24) is 15.2 Å². The number of nitrogens with one attached hydrogen (secondary N) is 1. The van der Waals surface area contributed by atoms with E-state index in [-0.39, 0.29) is 5.91 Å². The molecular weight excluding hydrogens is 264 g/mol. The minimum Gasteiger partial charge on any atom is -0.368 e. The number of aromatic nitrogens is 1. The molecule has 0 aliphatic carbocycles. The molecule has 0 bridgehead atoms. The second kappa shape index (κ2) is 7.98. The molecule has 1 N–H and O–H groups in total. The summed E-state index contributed by atoms with van der Waals surface area (Å²) in [7, 11) is 2.14. The highest BCUT2D eigenvalue weighted by atomic mass is 16.1. The Labute approximate surface area is 127 Å². The minimum atomic E-state index is -0.0731. The molecule has 1 aromatic heterocycles. The van der Waals surface area contributed by atoms with Crippen molar-refractivity contribution in [1.29, 1.82) is 0 Å². The maximum absolute atomic E-state index is 11.9. The minimum absolute atomic E-state index is 0.0731. The van der Waals surface area contributed by atoms with Gasteiger partial charge in [0.25, 0.3) is 5.91 Å². The van der Waals surface area contributed by atoms with Gasteiger partial charge in [-0.3, -0.25) is 4.79 Å². The van der Waals surface area contributed by atoms with Crippen molar-refractivity contribution in [2.24, 2.45) is 0 Å². The SMILES string of the molecule is CCCCCNC(=O)c1ccc(N2CCN(C)CC2)cn1. The molecule has 1 fully saturated rings. The van der Waals surface area contributed by atoms with Crippen LogP contribution in [0, 0.1) is 0 Å². The third-order valence-electron chi connectivity index (χ3n) is 3.91. The molecule has 5 nitrogen and oxygen atoms in total. The van der Waals surface area contributed by atoms with Gasteiger partial charge >= 0.3 is 0 Å². The second-order valence-corrected chi connectivity index (χ2v) is 5.65. The van der Waals surface area contributed by atoms with E-state index in [4.69, 9.17) is 0 Å². The van der Waals surface area contributed by atoms with Crippen LogP contribution in [0.15, 0.2) is 18.3 Å². The third-order valence-corrected chi connectivity index (χ3v) is 3.91. The zero-order valence-electron chi connectivity index (χ0n) is 13.1. The van der Waals surface area contributed by atoms with E-state index >= 15 is 0 Å². The van der Waals surface area contributed by atoms with Gasteiger partial charge in [0.2, 0.25) is 0 Å². The van der Waals surface area contributed by atoms with Crippen LogP contribution in [0.3, 0.4) is 0 Å². The van der Waals surface area contributed by atoms with Gasteiger partial charge in [0.1, 0.15) is 5.69 Å². The molecule has 5 heteroatoms. The van der Waals surface area contributed by atoms with Gasteiger partial charge < -0.3 is 15.1 Å². The van der Waals surface area contributed by atoms with Crippen LogP contribution in [-0.4, -0.2) is 55.6 Å². The first-order valence-corrected chi connectivity index (χ1v) is 7.88. The molecule has 2 heterocycles. The molecule has 0 spiro atoms. The Morgan fingerprint density at radius 3 is 2.62 bits per heavy atom. The molecule has 0 atom stereocenters. The lowest BCUT2D eigenvalue weighted by Crippen LogP contribution is -2.44. The number of hydrogen-bond donors (Lipinski definition) is 1. The van der Waals surface area contributed by atoms with E-state index < -0.39 is 0 Å².